The molecular weight excluding hydrogens is 508 g/mol. The van der Waals surface area contributed by atoms with Gasteiger partial charge >= 0.3 is 0 Å². The van der Waals surface area contributed by atoms with Crippen LogP contribution >= 0.6 is 0 Å². The van der Waals surface area contributed by atoms with Gasteiger partial charge in [0.1, 0.15) is 0 Å². The number of nitrogens with one attached hydrogen (secondary N) is 1. The van der Waals surface area contributed by atoms with E-state index in [-0.39, 0.29) is 0 Å². The van der Waals surface area contributed by atoms with Gasteiger partial charge in [-0.3, -0.25) is 0 Å². The summed E-state index contributed by atoms with van der Waals surface area (Å²) < 4.78 is 2.37. The normalized spacial score (nSPS) is 11.8. The van der Waals surface area contributed by atoms with Crippen LogP contribution in [0, 0.1) is 0 Å². The molecule has 2 heterocycles. The van der Waals surface area contributed by atoms with E-state index in [0.29, 0.717) is 0 Å². The van der Waals surface area contributed by atoms with E-state index < -0.39 is 0 Å². The third kappa shape index (κ3) is 3.39. The molecule has 0 bridgehead atoms. The third-order valence-electron chi connectivity index (χ3n) is 8.70. The number of hydrogen-bond donors (Lipinski definition) is 1. The molecule has 9 aromatic rings. The highest BCUT2D eigenvalue weighted by Gasteiger charge is 2.16. The summed E-state index contributed by atoms with van der Waals surface area (Å²) in [5.74, 6) is 0. The first-order valence-corrected chi connectivity index (χ1v) is 14.5. The van der Waals surface area contributed by atoms with E-state index in [1.54, 1.807) is 0 Å². The van der Waals surface area contributed by atoms with Gasteiger partial charge in [0.25, 0.3) is 0 Å². The Balaban J connectivity index is 1.27. The van der Waals surface area contributed by atoms with Crippen LogP contribution in [0.3, 0.4) is 0 Å². The van der Waals surface area contributed by atoms with Crippen molar-refractivity contribution in [1.82, 2.24) is 9.55 Å². The van der Waals surface area contributed by atoms with E-state index in [0.717, 1.165) is 0 Å². The molecule has 0 saturated heterocycles. The molecule has 0 saturated carbocycles. The SMILES string of the molecule is c1ccc(-n2c3ccccc3c3cc(-c4cccc(-c5cc6ccccc6c6[nH]c7ccccc7c56)c4)ccc32)cc1. The van der Waals surface area contributed by atoms with Gasteiger partial charge in [0.05, 0.1) is 16.6 Å². The van der Waals surface area contributed by atoms with E-state index in [2.05, 4.69) is 161 Å². The summed E-state index contributed by atoms with van der Waals surface area (Å²) in [7, 11) is 0. The Morgan fingerprint density at radius 2 is 1.12 bits per heavy atom. The zero-order chi connectivity index (χ0) is 27.6. The van der Waals surface area contributed by atoms with Crippen LogP contribution in [0.15, 0.2) is 152 Å². The van der Waals surface area contributed by atoms with E-state index in [1.807, 2.05) is 0 Å². The van der Waals surface area contributed by atoms with Gasteiger partial charge in [0, 0.05) is 38.1 Å². The highest BCUT2D eigenvalue weighted by Crippen LogP contribution is 2.41. The molecular formula is C40H26N2. The second-order valence-corrected chi connectivity index (χ2v) is 11.1. The molecule has 0 aliphatic carbocycles. The minimum Gasteiger partial charge on any atom is -0.354 e. The Morgan fingerprint density at radius 1 is 0.429 bits per heavy atom. The van der Waals surface area contributed by atoms with Crippen molar-refractivity contribution in [2.45, 2.75) is 0 Å². The van der Waals surface area contributed by atoms with E-state index >= 15 is 0 Å². The summed E-state index contributed by atoms with van der Waals surface area (Å²) in [5.41, 5.74) is 10.9. The number of aromatic amines is 1. The molecule has 2 nitrogen and oxygen atoms in total. The summed E-state index contributed by atoms with van der Waals surface area (Å²) in [6.07, 6.45) is 0. The zero-order valence-electron chi connectivity index (χ0n) is 22.9. The maximum absolute atomic E-state index is 3.73. The molecule has 9 rings (SSSR count). The van der Waals surface area contributed by atoms with E-state index in [4.69, 9.17) is 0 Å². The number of H-pyrrole nitrogens is 1. The smallest absolute Gasteiger partial charge is 0.0550 e. The van der Waals surface area contributed by atoms with Crippen molar-refractivity contribution in [2.24, 2.45) is 0 Å². The van der Waals surface area contributed by atoms with Crippen molar-refractivity contribution in [3.63, 3.8) is 0 Å². The first-order valence-electron chi connectivity index (χ1n) is 14.5. The van der Waals surface area contributed by atoms with Crippen molar-refractivity contribution in [2.75, 3.05) is 0 Å². The molecule has 0 atom stereocenters. The van der Waals surface area contributed by atoms with E-state index in [1.165, 1.54) is 82.3 Å². The maximum Gasteiger partial charge on any atom is 0.0550 e. The number of fused-ring (bicyclic) bond motifs is 8. The largest absolute Gasteiger partial charge is 0.354 e. The maximum atomic E-state index is 3.73. The molecule has 2 aromatic heterocycles. The Labute approximate surface area is 243 Å². The molecule has 0 fully saturated rings. The van der Waals surface area contributed by atoms with E-state index in [9.17, 15) is 0 Å². The molecule has 0 aliphatic heterocycles. The van der Waals surface area contributed by atoms with Gasteiger partial charge in [-0.25, -0.2) is 0 Å². The fourth-order valence-electron chi connectivity index (χ4n) is 6.80. The van der Waals surface area contributed by atoms with Gasteiger partial charge < -0.3 is 9.55 Å². The lowest BCUT2D eigenvalue weighted by Crippen LogP contribution is -1.92. The van der Waals surface area contributed by atoms with Crippen molar-refractivity contribution in [3.8, 4) is 27.9 Å². The molecule has 2 heteroatoms. The second kappa shape index (κ2) is 8.95. The highest BCUT2D eigenvalue weighted by molar-refractivity contribution is 6.23. The van der Waals surface area contributed by atoms with Gasteiger partial charge in [-0.05, 0) is 76.2 Å². The summed E-state index contributed by atoms with van der Waals surface area (Å²) in [5, 5.41) is 7.57. The molecule has 0 unspecified atom stereocenters. The fourth-order valence-corrected chi connectivity index (χ4v) is 6.80. The van der Waals surface area contributed by atoms with Crippen molar-refractivity contribution >= 4 is 54.4 Å². The van der Waals surface area contributed by atoms with Crippen LogP contribution in [0.25, 0.3) is 82.3 Å². The van der Waals surface area contributed by atoms with Crippen LogP contribution in [-0.4, -0.2) is 9.55 Å². The Kier molecular flexibility index (Phi) is 4.93. The molecule has 0 amide bonds. The third-order valence-corrected chi connectivity index (χ3v) is 8.70. The van der Waals surface area contributed by atoms with Crippen molar-refractivity contribution in [3.05, 3.63) is 152 Å². The summed E-state index contributed by atoms with van der Waals surface area (Å²) in [6.45, 7) is 0. The van der Waals surface area contributed by atoms with Gasteiger partial charge in [-0.15, -0.1) is 0 Å². The molecule has 1 N–H and O–H groups in total. The predicted octanol–water partition coefficient (Wildman–Crippen LogP) is 10.9. The molecule has 0 aliphatic rings. The number of aromatic nitrogens is 2. The summed E-state index contributed by atoms with van der Waals surface area (Å²) in [4.78, 5) is 3.73. The molecule has 7 aromatic carbocycles. The molecule has 42 heavy (non-hydrogen) atoms. The van der Waals surface area contributed by atoms with Crippen LogP contribution in [0.2, 0.25) is 0 Å². The zero-order valence-corrected chi connectivity index (χ0v) is 22.9. The standard InChI is InChI=1S/C40H26N2/c1-2-14-30(15-3-1)42-37-20-9-7-17-32(37)35-24-27(21-22-38(35)42)26-12-10-13-28(23-26)34-25-29-11-4-5-16-31(29)40-39(34)33-18-6-8-19-36(33)41-40/h1-25,41H. The average Bonchev–Trinajstić information content (AvgIpc) is 3.61. The van der Waals surface area contributed by atoms with Gasteiger partial charge in [-0.2, -0.15) is 0 Å². The van der Waals surface area contributed by atoms with Crippen LogP contribution in [0.5, 0.6) is 0 Å². The number of nitrogens with zero attached hydrogens (tertiary/aromatic N) is 1. The molecule has 0 spiro atoms. The van der Waals surface area contributed by atoms with Crippen molar-refractivity contribution in [1.29, 1.82) is 0 Å². The quantitative estimate of drug-likeness (QED) is 0.233. The number of para-hydroxylation sites is 3. The average molecular weight is 535 g/mol. The first kappa shape index (κ1) is 23.1. The number of rotatable bonds is 3. The monoisotopic (exact) mass is 534 g/mol. The Morgan fingerprint density at radius 3 is 2.02 bits per heavy atom. The molecule has 0 radical (unpaired) electrons. The fraction of sp³-hybridized carbons (Fsp3) is 0. The van der Waals surface area contributed by atoms with Crippen LogP contribution in [-0.2, 0) is 0 Å². The van der Waals surface area contributed by atoms with Crippen LogP contribution in [0.4, 0.5) is 0 Å². The lowest BCUT2D eigenvalue weighted by atomic mass is 9.93. The van der Waals surface area contributed by atoms with Gasteiger partial charge in [-0.1, -0.05) is 103 Å². The minimum absolute atomic E-state index is 1.17. The lowest BCUT2D eigenvalue weighted by molar-refractivity contribution is 1.18. The summed E-state index contributed by atoms with van der Waals surface area (Å²) in [6, 6.07) is 54.9. The Hall–Kier alpha value is -5.60. The first-order chi connectivity index (χ1) is 20.8. The molecule has 196 valence electrons. The minimum atomic E-state index is 1.17. The number of benzene rings is 7. The van der Waals surface area contributed by atoms with Gasteiger partial charge in [0.2, 0.25) is 0 Å². The van der Waals surface area contributed by atoms with Crippen LogP contribution < -0.4 is 0 Å². The lowest BCUT2D eigenvalue weighted by Gasteiger charge is -2.11. The summed E-state index contributed by atoms with van der Waals surface area (Å²) >= 11 is 0. The number of hydrogen-bond acceptors (Lipinski definition) is 0. The highest BCUT2D eigenvalue weighted by atomic mass is 15.0. The van der Waals surface area contributed by atoms with Gasteiger partial charge in [0.15, 0.2) is 0 Å². The second-order valence-electron chi connectivity index (χ2n) is 11.1. The van der Waals surface area contributed by atoms with Crippen LogP contribution in [0.1, 0.15) is 0 Å². The Bertz CT molecular complexity index is 2460. The predicted molar refractivity (Wildman–Crippen MR) is 179 cm³/mol. The van der Waals surface area contributed by atoms with Crippen molar-refractivity contribution < 1.29 is 0 Å². The topological polar surface area (TPSA) is 20.7 Å².